The first-order valence-corrected chi connectivity index (χ1v) is 3.97. The van der Waals surface area contributed by atoms with Crippen LogP contribution in [0.15, 0.2) is 5.38 Å². The first kappa shape index (κ1) is 8.66. The normalized spacial score (nSPS) is 9.33. The van der Waals surface area contributed by atoms with E-state index >= 15 is 0 Å². The Balaban J connectivity index is 2.43. The topological polar surface area (TPSA) is 89.1 Å². The van der Waals surface area contributed by atoms with Crippen LogP contribution in [0.3, 0.4) is 0 Å². The van der Waals surface area contributed by atoms with Gasteiger partial charge in [-0.3, -0.25) is 0 Å². The fourth-order valence-electron chi connectivity index (χ4n) is 0.576. The quantitative estimate of drug-likeness (QED) is 0.527. The van der Waals surface area contributed by atoms with Crippen molar-refractivity contribution in [1.82, 2.24) is 4.98 Å². The van der Waals surface area contributed by atoms with Crippen molar-refractivity contribution >= 4 is 28.7 Å². The summed E-state index contributed by atoms with van der Waals surface area (Å²) in [6, 6.07) is 0. The number of ether oxygens (including phenoxy) is 1. The van der Waals surface area contributed by atoms with Crippen LogP contribution >= 0.6 is 11.3 Å². The summed E-state index contributed by atoms with van der Waals surface area (Å²) < 4.78 is 4.60. The van der Waals surface area contributed by atoms with Crippen molar-refractivity contribution in [2.24, 2.45) is 0 Å². The maximum absolute atomic E-state index is 10.5. The van der Waals surface area contributed by atoms with Gasteiger partial charge in [-0.25, -0.2) is 9.78 Å². The van der Waals surface area contributed by atoms with Crippen LogP contribution in [0.5, 0.6) is 0 Å². The number of carbonyl (C=O) groups excluding carboxylic acids is 1. The third-order valence-electron chi connectivity index (χ3n) is 1.05. The summed E-state index contributed by atoms with van der Waals surface area (Å²) in [4.78, 5) is 14.3. The molecule has 0 unspecified atom stereocenters. The van der Waals surface area contributed by atoms with Crippen LogP contribution in [0.2, 0.25) is 0 Å². The van der Waals surface area contributed by atoms with Crippen LogP contribution in [0.1, 0.15) is 5.69 Å². The Kier molecular flexibility index (Phi) is 2.76. The highest BCUT2D eigenvalue weighted by Gasteiger charge is 2.01. The first-order valence-electron chi connectivity index (χ1n) is 3.09. The molecule has 1 aromatic rings. The van der Waals surface area contributed by atoms with E-state index in [0.717, 1.165) is 0 Å². The predicted molar refractivity (Wildman–Crippen MR) is 45.1 cm³/mol. The molecule has 12 heavy (non-hydrogen) atoms. The van der Waals surface area contributed by atoms with Gasteiger partial charge in [-0.2, -0.15) is 0 Å². The van der Waals surface area contributed by atoms with Gasteiger partial charge in [-0.05, 0) is 0 Å². The second-order valence-corrected chi connectivity index (χ2v) is 2.82. The zero-order valence-corrected chi connectivity index (χ0v) is 6.93. The van der Waals surface area contributed by atoms with E-state index in [9.17, 15) is 4.79 Å². The molecular formula is C6H7N3O2S. The second-order valence-electron chi connectivity index (χ2n) is 1.93. The van der Waals surface area contributed by atoms with E-state index in [1.165, 1.54) is 11.3 Å². The zero-order chi connectivity index (χ0) is 8.97. The molecule has 3 N–H and O–H groups in total. The molecule has 1 heterocycles. The van der Waals surface area contributed by atoms with Gasteiger partial charge in [0, 0.05) is 5.38 Å². The molecule has 1 aromatic heterocycles. The molecule has 0 aliphatic rings. The van der Waals surface area contributed by atoms with Crippen LogP contribution < -0.4 is 5.73 Å². The molecule has 0 saturated heterocycles. The first-order chi connectivity index (χ1) is 5.72. The van der Waals surface area contributed by atoms with E-state index in [-0.39, 0.29) is 6.61 Å². The summed E-state index contributed by atoms with van der Waals surface area (Å²) in [5.41, 5.74) is 5.94. The van der Waals surface area contributed by atoms with Crippen LogP contribution in [0.25, 0.3) is 0 Å². The average Bonchev–Trinajstić information content (AvgIpc) is 2.47. The number of rotatable bonds is 3. The fraction of sp³-hybridized carbons (Fsp3) is 0.167. The van der Waals surface area contributed by atoms with Gasteiger partial charge in [0.25, 0.3) is 0 Å². The van der Waals surface area contributed by atoms with Crippen LogP contribution in [-0.2, 0) is 16.1 Å². The molecule has 1 rings (SSSR count). The summed E-state index contributed by atoms with van der Waals surface area (Å²) in [5, 5.41) is 8.68. The lowest BCUT2D eigenvalue weighted by Crippen LogP contribution is -2.04. The van der Waals surface area contributed by atoms with Gasteiger partial charge in [0.2, 0.25) is 0 Å². The predicted octanol–water partition coefficient (Wildman–Crippen LogP) is 0.418. The van der Waals surface area contributed by atoms with Crippen molar-refractivity contribution < 1.29 is 9.53 Å². The molecule has 0 aromatic carbocycles. The molecular weight excluding hydrogens is 178 g/mol. The molecule has 0 bridgehead atoms. The number of nitrogens with zero attached hydrogens (tertiary/aromatic N) is 1. The van der Waals surface area contributed by atoms with Gasteiger partial charge < -0.3 is 15.9 Å². The van der Waals surface area contributed by atoms with Gasteiger partial charge in [-0.15, -0.1) is 11.3 Å². The second kappa shape index (κ2) is 3.82. The molecule has 5 nitrogen and oxygen atoms in total. The number of nitrogen functional groups attached to an aromatic ring is 1. The Hall–Kier alpha value is -1.43. The largest absolute Gasteiger partial charge is 0.455 e. The van der Waals surface area contributed by atoms with Gasteiger partial charge in [0.1, 0.15) is 12.8 Å². The molecule has 6 heteroatoms. The summed E-state index contributed by atoms with van der Waals surface area (Å²) >= 11 is 1.28. The molecule has 64 valence electrons. The monoisotopic (exact) mass is 185 g/mol. The Labute approximate surface area is 72.7 Å². The molecule has 0 aliphatic carbocycles. The van der Waals surface area contributed by atoms with Crippen LogP contribution in [0.4, 0.5) is 5.13 Å². The molecule has 0 amide bonds. The Bertz CT molecular complexity index is 297. The average molecular weight is 185 g/mol. The number of thiazole rings is 1. The van der Waals surface area contributed by atoms with Crippen molar-refractivity contribution in [1.29, 1.82) is 5.41 Å². The van der Waals surface area contributed by atoms with E-state index in [2.05, 4.69) is 9.72 Å². The minimum absolute atomic E-state index is 0.0713. The highest BCUT2D eigenvalue weighted by atomic mass is 32.1. The standard InChI is InChI=1S/C6H7N3O2S/c7-1-5(10)11-2-4-3-12-6(8)9-4/h1,3,7H,2H2,(H2,8,9). The summed E-state index contributed by atoms with van der Waals surface area (Å²) in [5.74, 6) is -0.679. The van der Waals surface area contributed by atoms with Crippen molar-refractivity contribution in [3.05, 3.63) is 11.1 Å². The van der Waals surface area contributed by atoms with Crippen molar-refractivity contribution in [2.45, 2.75) is 6.61 Å². The number of carbonyl (C=O) groups is 1. The Morgan fingerprint density at radius 3 is 3.17 bits per heavy atom. The van der Waals surface area contributed by atoms with Crippen molar-refractivity contribution in [3.8, 4) is 0 Å². The smallest absolute Gasteiger partial charge is 0.349 e. The Morgan fingerprint density at radius 2 is 2.67 bits per heavy atom. The SMILES string of the molecule is N=CC(=O)OCc1csc(N)n1. The molecule has 0 saturated carbocycles. The highest BCUT2D eigenvalue weighted by molar-refractivity contribution is 7.13. The molecule has 0 radical (unpaired) electrons. The Morgan fingerprint density at radius 1 is 1.92 bits per heavy atom. The maximum atomic E-state index is 10.5. The van der Waals surface area contributed by atoms with Gasteiger partial charge >= 0.3 is 5.97 Å². The minimum Gasteiger partial charge on any atom is -0.455 e. The third kappa shape index (κ3) is 2.31. The summed E-state index contributed by atoms with van der Waals surface area (Å²) in [6.45, 7) is 0.0713. The lowest BCUT2D eigenvalue weighted by atomic mass is 10.5. The number of hydrogen-bond donors (Lipinski definition) is 2. The number of aromatic nitrogens is 1. The van der Waals surface area contributed by atoms with E-state index < -0.39 is 5.97 Å². The lowest BCUT2D eigenvalue weighted by Gasteiger charge is -1.95. The number of hydrogen-bond acceptors (Lipinski definition) is 6. The van der Waals surface area contributed by atoms with E-state index in [0.29, 0.717) is 17.0 Å². The number of nitrogens with two attached hydrogens (primary N) is 1. The van der Waals surface area contributed by atoms with Gasteiger partial charge in [0.05, 0.1) is 5.69 Å². The summed E-state index contributed by atoms with van der Waals surface area (Å²) in [7, 11) is 0. The van der Waals surface area contributed by atoms with Crippen LogP contribution in [0, 0.1) is 5.41 Å². The zero-order valence-electron chi connectivity index (χ0n) is 6.11. The van der Waals surface area contributed by atoms with E-state index in [4.69, 9.17) is 11.1 Å². The van der Waals surface area contributed by atoms with Crippen molar-refractivity contribution in [2.75, 3.05) is 5.73 Å². The fourth-order valence-corrected chi connectivity index (χ4v) is 1.12. The van der Waals surface area contributed by atoms with E-state index in [1.807, 2.05) is 0 Å². The van der Waals surface area contributed by atoms with Gasteiger partial charge in [0.15, 0.2) is 5.13 Å². The van der Waals surface area contributed by atoms with Crippen LogP contribution in [-0.4, -0.2) is 17.2 Å². The number of esters is 1. The molecule has 0 aliphatic heterocycles. The maximum Gasteiger partial charge on any atom is 0.349 e. The molecule has 0 atom stereocenters. The summed E-state index contributed by atoms with van der Waals surface area (Å²) in [6.07, 6.45) is 0.607. The molecule has 0 spiro atoms. The molecule has 0 fully saturated rings. The van der Waals surface area contributed by atoms with E-state index in [1.54, 1.807) is 5.38 Å². The third-order valence-corrected chi connectivity index (χ3v) is 1.77. The highest BCUT2D eigenvalue weighted by Crippen LogP contribution is 2.11. The lowest BCUT2D eigenvalue weighted by molar-refractivity contribution is -0.136. The number of nitrogens with one attached hydrogen (secondary N) is 1. The van der Waals surface area contributed by atoms with Crippen molar-refractivity contribution in [3.63, 3.8) is 0 Å². The number of anilines is 1. The minimum atomic E-state index is -0.679. The van der Waals surface area contributed by atoms with Gasteiger partial charge in [-0.1, -0.05) is 0 Å².